The average Bonchev–Trinajstić information content (AvgIpc) is 2.35. The van der Waals surface area contributed by atoms with Gasteiger partial charge in [0.1, 0.15) is 0 Å². The van der Waals surface area contributed by atoms with E-state index in [4.69, 9.17) is 5.11 Å². The molecule has 0 aliphatic rings. The Kier molecular flexibility index (Phi) is 5.45. The lowest BCUT2D eigenvalue weighted by atomic mass is 9.95. The summed E-state index contributed by atoms with van der Waals surface area (Å²) in [4.78, 5) is 0. The summed E-state index contributed by atoms with van der Waals surface area (Å²) in [5.74, 6) is 0. The largest absolute Gasteiger partial charge is 0.396 e. The minimum absolute atomic E-state index is 0.110. The molecule has 3 N–H and O–H groups in total. The zero-order valence-corrected chi connectivity index (χ0v) is 10.7. The first-order chi connectivity index (χ1) is 8.07. The van der Waals surface area contributed by atoms with Crippen LogP contribution in [0.3, 0.4) is 0 Å². The molecule has 96 valence electrons. The maximum absolute atomic E-state index is 9.18. The molecule has 0 aromatic heterocycles. The van der Waals surface area contributed by atoms with E-state index in [0.717, 1.165) is 25.1 Å². The smallest absolute Gasteiger partial charge is 0.0498 e. The Morgan fingerprint density at radius 3 is 2.65 bits per heavy atom. The van der Waals surface area contributed by atoms with Gasteiger partial charge in [0.15, 0.2) is 0 Å². The van der Waals surface area contributed by atoms with Gasteiger partial charge in [-0.1, -0.05) is 26.0 Å². The number of hydrogen-bond donors (Lipinski definition) is 3. The molecule has 1 aromatic rings. The van der Waals surface area contributed by atoms with Gasteiger partial charge in [0.05, 0.1) is 0 Å². The summed E-state index contributed by atoms with van der Waals surface area (Å²) in [5.41, 5.74) is 2.19. The van der Waals surface area contributed by atoms with Gasteiger partial charge in [0, 0.05) is 30.9 Å². The molecule has 0 atom stereocenters. The van der Waals surface area contributed by atoms with Crippen LogP contribution >= 0.6 is 0 Å². The highest BCUT2D eigenvalue weighted by Crippen LogP contribution is 2.17. The molecule has 0 amide bonds. The highest BCUT2D eigenvalue weighted by atomic mass is 16.3. The van der Waals surface area contributed by atoms with E-state index in [1.807, 2.05) is 26.0 Å². The number of rotatable bonds is 7. The fourth-order valence-electron chi connectivity index (χ4n) is 1.52. The molecule has 0 heterocycles. The topological polar surface area (TPSA) is 52.5 Å². The number of benzene rings is 1. The first-order valence-corrected chi connectivity index (χ1v) is 6.12. The number of aryl methyl sites for hydroxylation is 1. The Bertz CT molecular complexity index is 337. The molecule has 0 aliphatic heterocycles. The second-order valence-corrected chi connectivity index (χ2v) is 5.20. The van der Waals surface area contributed by atoms with Crippen molar-refractivity contribution >= 4 is 5.69 Å². The second kappa shape index (κ2) is 6.62. The van der Waals surface area contributed by atoms with Crippen molar-refractivity contribution in [2.75, 3.05) is 25.1 Å². The Labute approximate surface area is 103 Å². The normalized spacial score (nSPS) is 11.5. The maximum Gasteiger partial charge on any atom is 0.0498 e. The molecule has 0 fully saturated rings. The molecule has 0 saturated heterocycles. The number of aliphatic hydroxyl groups is 2. The summed E-state index contributed by atoms with van der Waals surface area (Å²) in [6.07, 6.45) is 1.70. The van der Waals surface area contributed by atoms with Gasteiger partial charge >= 0.3 is 0 Å². The third-order valence-electron chi connectivity index (χ3n) is 2.75. The maximum atomic E-state index is 9.18. The third-order valence-corrected chi connectivity index (χ3v) is 2.75. The van der Waals surface area contributed by atoms with Gasteiger partial charge in [-0.3, -0.25) is 0 Å². The van der Waals surface area contributed by atoms with Crippen molar-refractivity contribution in [2.45, 2.75) is 26.7 Å². The van der Waals surface area contributed by atoms with Gasteiger partial charge in [0.2, 0.25) is 0 Å². The first kappa shape index (κ1) is 14.0. The van der Waals surface area contributed by atoms with Crippen LogP contribution in [0.4, 0.5) is 5.69 Å². The zero-order valence-electron chi connectivity index (χ0n) is 10.7. The van der Waals surface area contributed by atoms with E-state index in [1.54, 1.807) is 0 Å². The molecule has 0 unspecified atom stereocenters. The fourth-order valence-corrected chi connectivity index (χ4v) is 1.52. The van der Waals surface area contributed by atoms with Crippen LogP contribution in [-0.2, 0) is 6.42 Å². The highest BCUT2D eigenvalue weighted by molar-refractivity contribution is 5.45. The number of anilines is 1. The molecular weight excluding hydrogens is 214 g/mol. The van der Waals surface area contributed by atoms with E-state index in [0.29, 0.717) is 0 Å². The third kappa shape index (κ3) is 5.20. The monoisotopic (exact) mass is 237 g/mol. The Morgan fingerprint density at radius 1 is 1.24 bits per heavy atom. The summed E-state index contributed by atoms with van der Waals surface area (Å²) in [6.45, 7) is 5.19. The summed E-state index contributed by atoms with van der Waals surface area (Å²) in [7, 11) is 0. The Morgan fingerprint density at radius 2 is 2.00 bits per heavy atom. The van der Waals surface area contributed by atoms with Crippen molar-refractivity contribution in [1.82, 2.24) is 0 Å². The van der Waals surface area contributed by atoms with Crippen LogP contribution in [0.2, 0.25) is 0 Å². The molecule has 3 heteroatoms. The van der Waals surface area contributed by atoms with Crippen molar-refractivity contribution in [2.24, 2.45) is 5.41 Å². The van der Waals surface area contributed by atoms with E-state index in [-0.39, 0.29) is 18.6 Å². The van der Waals surface area contributed by atoms with Crippen molar-refractivity contribution in [3.05, 3.63) is 29.8 Å². The van der Waals surface area contributed by atoms with Crippen molar-refractivity contribution in [1.29, 1.82) is 0 Å². The Hall–Kier alpha value is -1.06. The summed E-state index contributed by atoms with van der Waals surface area (Å²) in [6, 6.07) is 8.21. The standard InChI is InChI=1S/C14H23NO2/c1-14(2,11-17)10-15-13-7-3-5-12(9-13)6-4-8-16/h3,5,7,9,15-17H,4,6,8,10-11H2,1-2H3. The minimum Gasteiger partial charge on any atom is -0.396 e. The van der Waals surface area contributed by atoms with Crippen LogP contribution in [0.15, 0.2) is 24.3 Å². The summed E-state index contributed by atoms with van der Waals surface area (Å²) < 4.78 is 0. The number of aliphatic hydroxyl groups excluding tert-OH is 2. The number of hydrogen-bond acceptors (Lipinski definition) is 3. The lowest BCUT2D eigenvalue weighted by molar-refractivity contribution is 0.171. The highest BCUT2D eigenvalue weighted by Gasteiger charge is 2.15. The molecule has 1 aromatic carbocycles. The van der Waals surface area contributed by atoms with Crippen molar-refractivity contribution < 1.29 is 10.2 Å². The van der Waals surface area contributed by atoms with Crippen LogP contribution < -0.4 is 5.32 Å². The predicted octanol–water partition coefficient (Wildman–Crippen LogP) is 2.04. The average molecular weight is 237 g/mol. The van der Waals surface area contributed by atoms with E-state index < -0.39 is 0 Å². The SMILES string of the molecule is CC(C)(CO)CNc1cccc(CCCO)c1. The van der Waals surface area contributed by atoms with E-state index in [1.165, 1.54) is 5.56 Å². The minimum atomic E-state index is -0.110. The molecule has 17 heavy (non-hydrogen) atoms. The summed E-state index contributed by atoms with van der Waals surface area (Å²) in [5, 5.41) is 21.3. The molecule has 1 rings (SSSR count). The van der Waals surface area contributed by atoms with Gasteiger partial charge in [-0.15, -0.1) is 0 Å². The molecule has 0 radical (unpaired) electrons. The van der Waals surface area contributed by atoms with Crippen molar-refractivity contribution in [3.8, 4) is 0 Å². The number of nitrogens with one attached hydrogen (secondary N) is 1. The van der Waals surface area contributed by atoms with Gasteiger partial charge in [-0.2, -0.15) is 0 Å². The van der Waals surface area contributed by atoms with Crippen molar-refractivity contribution in [3.63, 3.8) is 0 Å². The second-order valence-electron chi connectivity index (χ2n) is 5.20. The zero-order chi connectivity index (χ0) is 12.7. The van der Waals surface area contributed by atoms with E-state index >= 15 is 0 Å². The fraction of sp³-hybridized carbons (Fsp3) is 0.571. The van der Waals surface area contributed by atoms with Crippen LogP contribution in [0.25, 0.3) is 0 Å². The summed E-state index contributed by atoms with van der Waals surface area (Å²) >= 11 is 0. The van der Waals surface area contributed by atoms with Crippen LogP contribution in [-0.4, -0.2) is 30.0 Å². The van der Waals surface area contributed by atoms with Crippen LogP contribution in [0.5, 0.6) is 0 Å². The molecule has 0 bridgehead atoms. The van der Waals surface area contributed by atoms with Gasteiger partial charge in [0.25, 0.3) is 0 Å². The predicted molar refractivity (Wildman–Crippen MR) is 71.2 cm³/mol. The lowest BCUT2D eigenvalue weighted by Gasteiger charge is -2.22. The molecule has 0 saturated carbocycles. The Balaban J connectivity index is 2.53. The van der Waals surface area contributed by atoms with Crippen LogP contribution in [0.1, 0.15) is 25.8 Å². The van der Waals surface area contributed by atoms with E-state index in [2.05, 4.69) is 17.4 Å². The molecule has 3 nitrogen and oxygen atoms in total. The van der Waals surface area contributed by atoms with Gasteiger partial charge in [-0.05, 0) is 30.5 Å². The lowest BCUT2D eigenvalue weighted by Crippen LogP contribution is -2.26. The first-order valence-electron chi connectivity index (χ1n) is 6.12. The molecule has 0 aliphatic carbocycles. The molecular formula is C14H23NO2. The molecule has 0 spiro atoms. The van der Waals surface area contributed by atoms with Gasteiger partial charge in [-0.25, -0.2) is 0 Å². The van der Waals surface area contributed by atoms with Gasteiger partial charge < -0.3 is 15.5 Å². The van der Waals surface area contributed by atoms with Crippen LogP contribution in [0, 0.1) is 5.41 Å². The van der Waals surface area contributed by atoms with E-state index in [9.17, 15) is 5.11 Å². The quantitative estimate of drug-likeness (QED) is 0.680.